The third-order valence-electron chi connectivity index (χ3n) is 2.68. The maximum atomic E-state index is 11.7. The van der Waals surface area contributed by atoms with Gasteiger partial charge in [-0.2, -0.15) is 0 Å². The van der Waals surface area contributed by atoms with Crippen LogP contribution in [0.15, 0.2) is 16.7 Å². The van der Waals surface area contributed by atoms with Crippen LogP contribution in [0.5, 0.6) is 0 Å². The van der Waals surface area contributed by atoms with Crippen LogP contribution in [0.2, 0.25) is 0 Å². The van der Waals surface area contributed by atoms with E-state index in [1.54, 1.807) is 6.26 Å². The summed E-state index contributed by atoms with van der Waals surface area (Å²) in [5.74, 6) is 1.52. The molecule has 0 bridgehead atoms. The summed E-state index contributed by atoms with van der Waals surface area (Å²) in [7, 11) is 0. The van der Waals surface area contributed by atoms with E-state index >= 15 is 0 Å². The van der Waals surface area contributed by atoms with Gasteiger partial charge in [-0.15, -0.1) is 0 Å². The van der Waals surface area contributed by atoms with Gasteiger partial charge in [0.05, 0.1) is 5.56 Å². The third-order valence-corrected chi connectivity index (χ3v) is 2.68. The highest BCUT2D eigenvalue weighted by Crippen LogP contribution is 2.17. The highest BCUT2D eigenvalue weighted by Gasteiger charge is 2.13. The SMILES string of the molecule is CCC(CC)CC(=O)c1coc(C)c1. The van der Waals surface area contributed by atoms with Crippen LogP contribution in [-0.2, 0) is 0 Å². The fourth-order valence-corrected chi connectivity index (χ4v) is 1.55. The molecule has 0 N–H and O–H groups in total. The number of rotatable bonds is 5. The van der Waals surface area contributed by atoms with Crippen LogP contribution in [-0.4, -0.2) is 5.78 Å². The van der Waals surface area contributed by atoms with E-state index in [0.29, 0.717) is 12.3 Å². The second-order valence-corrected chi connectivity index (χ2v) is 3.76. The molecular weight excluding hydrogens is 176 g/mol. The summed E-state index contributed by atoms with van der Waals surface area (Å²) in [6, 6.07) is 1.81. The van der Waals surface area contributed by atoms with Gasteiger partial charge in [-0.1, -0.05) is 26.7 Å². The summed E-state index contributed by atoms with van der Waals surface area (Å²) < 4.78 is 5.11. The lowest BCUT2D eigenvalue weighted by molar-refractivity contribution is 0.0958. The van der Waals surface area contributed by atoms with Crippen molar-refractivity contribution in [2.45, 2.75) is 40.0 Å². The molecule has 1 rings (SSSR count). The first-order valence-electron chi connectivity index (χ1n) is 5.25. The first-order valence-corrected chi connectivity index (χ1v) is 5.25. The smallest absolute Gasteiger partial charge is 0.166 e. The van der Waals surface area contributed by atoms with Crippen LogP contribution in [0.1, 0.15) is 49.2 Å². The van der Waals surface area contributed by atoms with Gasteiger partial charge in [-0.05, 0) is 18.9 Å². The van der Waals surface area contributed by atoms with Gasteiger partial charge in [0, 0.05) is 6.42 Å². The van der Waals surface area contributed by atoms with E-state index < -0.39 is 0 Å². The Morgan fingerprint density at radius 1 is 1.43 bits per heavy atom. The van der Waals surface area contributed by atoms with Crippen molar-refractivity contribution in [2.24, 2.45) is 5.92 Å². The van der Waals surface area contributed by atoms with E-state index in [1.165, 1.54) is 0 Å². The Bertz CT molecular complexity index is 295. The van der Waals surface area contributed by atoms with Gasteiger partial charge in [0.1, 0.15) is 12.0 Å². The molecule has 0 aliphatic rings. The van der Waals surface area contributed by atoms with Gasteiger partial charge in [0.25, 0.3) is 0 Å². The van der Waals surface area contributed by atoms with E-state index in [-0.39, 0.29) is 5.78 Å². The lowest BCUT2D eigenvalue weighted by atomic mass is 9.95. The Morgan fingerprint density at radius 2 is 2.07 bits per heavy atom. The summed E-state index contributed by atoms with van der Waals surface area (Å²) >= 11 is 0. The Hall–Kier alpha value is -1.05. The average Bonchev–Trinajstić information content (AvgIpc) is 2.61. The Kier molecular flexibility index (Phi) is 3.93. The molecule has 0 spiro atoms. The summed E-state index contributed by atoms with van der Waals surface area (Å²) in [6.45, 7) is 6.11. The largest absolute Gasteiger partial charge is 0.469 e. The van der Waals surface area contributed by atoms with Crippen molar-refractivity contribution in [3.05, 3.63) is 23.7 Å². The molecule has 78 valence electrons. The Morgan fingerprint density at radius 3 is 2.50 bits per heavy atom. The number of carbonyl (C=O) groups is 1. The predicted molar refractivity (Wildman–Crippen MR) is 56.5 cm³/mol. The lowest BCUT2D eigenvalue weighted by Crippen LogP contribution is -2.06. The second-order valence-electron chi connectivity index (χ2n) is 3.76. The van der Waals surface area contributed by atoms with Gasteiger partial charge in [0.2, 0.25) is 0 Å². The highest BCUT2D eigenvalue weighted by molar-refractivity contribution is 5.95. The Labute approximate surface area is 85.3 Å². The van der Waals surface area contributed by atoms with Crippen LogP contribution < -0.4 is 0 Å². The molecule has 0 saturated heterocycles. The molecule has 1 aromatic heterocycles. The zero-order valence-corrected chi connectivity index (χ0v) is 9.17. The normalized spacial score (nSPS) is 10.9. The van der Waals surface area contributed by atoms with Gasteiger partial charge in [-0.3, -0.25) is 4.79 Å². The van der Waals surface area contributed by atoms with E-state index in [0.717, 1.165) is 24.2 Å². The maximum absolute atomic E-state index is 11.7. The standard InChI is InChI=1S/C12H18O2/c1-4-10(5-2)7-12(13)11-6-9(3)14-8-11/h6,8,10H,4-5,7H2,1-3H3. The van der Waals surface area contributed by atoms with Gasteiger partial charge >= 0.3 is 0 Å². The van der Waals surface area contributed by atoms with Crippen molar-refractivity contribution >= 4 is 5.78 Å². The number of carbonyl (C=O) groups excluding carboxylic acids is 1. The summed E-state index contributed by atoms with van der Waals surface area (Å²) in [5, 5.41) is 0. The third kappa shape index (κ3) is 2.72. The fourth-order valence-electron chi connectivity index (χ4n) is 1.55. The minimum Gasteiger partial charge on any atom is -0.469 e. The topological polar surface area (TPSA) is 30.2 Å². The molecule has 0 aromatic carbocycles. The van der Waals surface area contributed by atoms with Crippen molar-refractivity contribution in [1.29, 1.82) is 0 Å². The molecule has 0 radical (unpaired) electrons. The molecule has 0 unspecified atom stereocenters. The quantitative estimate of drug-likeness (QED) is 0.670. The predicted octanol–water partition coefficient (Wildman–Crippen LogP) is 3.60. The molecule has 0 fully saturated rings. The molecule has 0 aliphatic carbocycles. The zero-order chi connectivity index (χ0) is 10.6. The molecule has 0 aliphatic heterocycles. The molecule has 1 aromatic rings. The summed E-state index contributed by atoms with van der Waals surface area (Å²) in [4.78, 5) is 11.7. The summed E-state index contributed by atoms with van der Waals surface area (Å²) in [5.41, 5.74) is 0.717. The monoisotopic (exact) mass is 194 g/mol. The molecule has 0 atom stereocenters. The van der Waals surface area contributed by atoms with Crippen LogP contribution in [0.3, 0.4) is 0 Å². The van der Waals surface area contributed by atoms with E-state index in [4.69, 9.17) is 4.42 Å². The van der Waals surface area contributed by atoms with Crippen LogP contribution >= 0.6 is 0 Å². The van der Waals surface area contributed by atoms with E-state index in [2.05, 4.69) is 13.8 Å². The van der Waals surface area contributed by atoms with Crippen molar-refractivity contribution in [2.75, 3.05) is 0 Å². The maximum Gasteiger partial charge on any atom is 0.166 e. The first kappa shape index (κ1) is 11.0. The minimum atomic E-state index is 0.204. The number of ketones is 1. The average molecular weight is 194 g/mol. The van der Waals surface area contributed by atoms with Gasteiger partial charge in [-0.25, -0.2) is 0 Å². The van der Waals surface area contributed by atoms with Crippen molar-refractivity contribution in [1.82, 2.24) is 0 Å². The molecule has 2 heteroatoms. The van der Waals surface area contributed by atoms with Crippen LogP contribution in [0.25, 0.3) is 0 Å². The molecule has 2 nitrogen and oxygen atoms in total. The number of hydrogen-bond donors (Lipinski definition) is 0. The van der Waals surface area contributed by atoms with Gasteiger partial charge in [0.15, 0.2) is 5.78 Å². The zero-order valence-electron chi connectivity index (χ0n) is 9.17. The highest BCUT2D eigenvalue weighted by atomic mass is 16.3. The second kappa shape index (κ2) is 4.99. The van der Waals surface area contributed by atoms with Crippen LogP contribution in [0.4, 0.5) is 0 Å². The minimum absolute atomic E-state index is 0.204. The van der Waals surface area contributed by atoms with E-state index in [9.17, 15) is 4.79 Å². The fraction of sp³-hybridized carbons (Fsp3) is 0.583. The molecule has 0 amide bonds. The number of furan rings is 1. The van der Waals surface area contributed by atoms with Crippen molar-refractivity contribution < 1.29 is 9.21 Å². The van der Waals surface area contributed by atoms with Crippen LogP contribution in [0, 0.1) is 12.8 Å². The molecule has 14 heavy (non-hydrogen) atoms. The lowest BCUT2D eigenvalue weighted by Gasteiger charge is -2.09. The summed E-state index contributed by atoms with van der Waals surface area (Å²) in [6.07, 6.45) is 4.34. The Balaban J connectivity index is 2.58. The first-order chi connectivity index (χ1) is 6.67. The molecule has 0 saturated carbocycles. The van der Waals surface area contributed by atoms with Crippen molar-refractivity contribution in [3.63, 3.8) is 0 Å². The number of hydrogen-bond acceptors (Lipinski definition) is 2. The molecule has 1 heterocycles. The number of Topliss-reactive ketones (excluding diaryl/α,β-unsaturated/α-hetero) is 1. The van der Waals surface area contributed by atoms with Gasteiger partial charge < -0.3 is 4.42 Å². The number of aryl methyl sites for hydroxylation is 1. The van der Waals surface area contributed by atoms with E-state index in [1.807, 2.05) is 13.0 Å². The van der Waals surface area contributed by atoms with Crippen molar-refractivity contribution in [3.8, 4) is 0 Å². The molecular formula is C12H18O2.